The van der Waals surface area contributed by atoms with Crippen LogP contribution in [-0.2, 0) is 0 Å². The second kappa shape index (κ2) is 5.03. The first-order valence-corrected chi connectivity index (χ1v) is 5.53. The van der Waals surface area contributed by atoms with Gasteiger partial charge in [0, 0.05) is 6.54 Å². The molecule has 0 saturated carbocycles. The first-order chi connectivity index (χ1) is 8.22. The molecule has 1 rings (SSSR count). The summed E-state index contributed by atoms with van der Waals surface area (Å²) in [7, 11) is 0. The van der Waals surface area contributed by atoms with Crippen molar-refractivity contribution in [2.24, 2.45) is 5.41 Å². The lowest BCUT2D eigenvalue weighted by Gasteiger charge is -2.18. The molecule has 18 heavy (non-hydrogen) atoms. The Morgan fingerprint density at radius 1 is 1.44 bits per heavy atom. The lowest BCUT2D eigenvalue weighted by atomic mass is 9.97. The highest BCUT2D eigenvalue weighted by atomic mass is 16.6. The molecule has 0 unspecified atom stereocenters. The average molecular weight is 251 g/mol. The van der Waals surface area contributed by atoms with Crippen LogP contribution in [-0.4, -0.2) is 17.4 Å². The lowest BCUT2D eigenvalue weighted by Crippen LogP contribution is -2.32. The average Bonchev–Trinajstić information content (AvgIpc) is 2.24. The van der Waals surface area contributed by atoms with Crippen LogP contribution in [0.25, 0.3) is 0 Å². The number of nitro benzene ring substituents is 1. The van der Waals surface area contributed by atoms with Gasteiger partial charge in [-0.15, -0.1) is 0 Å². The number of carbonyl (C=O) groups is 1. The molecule has 6 nitrogen and oxygen atoms in total. The van der Waals surface area contributed by atoms with E-state index in [1.165, 1.54) is 18.2 Å². The van der Waals surface area contributed by atoms with Gasteiger partial charge < -0.3 is 11.1 Å². The van der Waals surface area contributed by atoms with Gasteiger partial charge in [-0.3, -0.25) is 14.9 Å². The van der Waals surface area contributed by atoms with Crippen molar-refractivity contribution in [3.63, 3.8) is 0 Å². The minimum absolute atomic E-state index is 0.00995. The number of para-hydroxylation sites is 1. The van der Waals surface area contributed by atoms with Gasteiger partial charge in [0.1, 0.15) is 11.3 Å². The molecule has 0 atom stereocenters. The van der Waals surface area contributed by atoms with Crippen molar-refractivity contribution in [3.05, 3.63) is 33.9 Å². The zero-order valence-electron chi connectivity index (χ0n) is 10.7. The number of nitrogens with two attached hydrogens (primary N) is 1. The number of anilines is 1. The predicted molar refractivity (Wildman–Crippen MR) is 69.3 cm³/mol. The molecule has 0 radical (unpaired) electrons. The van der Waals surface area contributed by atoms with Crippen molar-refractivity contribution in [1.29, 1.82) is 0 Å². The molecular weight excluding hydrogens is 234 g/mol. The van der Waals surface area contributed by atoms with Crippen molar-refractivity contribution < 1.29 is 9.72 Å². The summed E-state index contributed by atoms with van der Waals surface area (Å²) in [6, 6.07) is 4.32. The van der Waals surface area contributed by atoms with E-state index in [1.54, 1.807) is 0 Å². The number of hydrogen-bond acceptors (Lipinski definition) is 4. The van der Waals surface area contributed by atoms with E-state index in [-0.39, 0.29) is 22.4 Å². The van der Waals surface area contributed by atoms with E-state index < -0.39 is 10.8 Å². The van der Waals surface area contributed by atoms with Crippen LogP contribution in [0.3, 0.4) is 0 Å². The Kier molecular flexibility index (Phi) is 3.90. The third kappa shape index (κ3) is 3.44. The third-order valence-corrected chi connectivity index (χ3v) is 2.27. The van der Waals surface area contributed by atoms with Gasteiger partial charge in [-0.2, -0.15) is 0 Å². The second-order valence-corrected chi connectivity index (χ2v) is 5.24. The van der Waals surface area contributed by atoms with Crippen molar-refractivity contribution >= 4 is 17.3 Å². The minimum Gasteiger partial charge on any atom is -0.393 e. The van der Waals surface area contributed by atoms with Crippen molar-refractivity contribution in [1.82, 2.24) is 5.32 Å². The Morgan fingerprint density at radius 3 is 2.56 bits per heavy atom. The quantitative estimate of drug-likeness (QED) is 0.487. The topological polar surface area (TPSA) is 98.3 Å². The molecule has 0 fully saturated rings. The Balaban J connectivity index is 3.00. The summed E-state index contributed by atoms with van der Waals surface area (Å²) in [4.78, 5) is 22.2. The van der Waals surface area contributed by atoms with Crippen LogP contribution in [0.15, 0.2) is 18.2 Å². The van der Waals surface area contributed by atoms with E-state index in [1.807, 2.05) is 20.8 Å². The lowest BCUT2D eigenvalue weighted by molar-refractivity contribution is -0.384. The maximum absolute atomic E-state index is 11.9. The van der Waals surface area contributed by atoms with E-state index in [9.17, 15) is 14.9 Å². The summed E-state index contributed by atoms with van der Waals surface area (Å²) in [5.74, 6) is -0.482. The second-order valence-electron chi connectivity index (χ2n) is 5.24. The highest BCUT2D eigenvalue weighted by molar-refractivity contribution is 6.00. The zero-order valence-corrected chi connectivity index (χ0v) is 10.7. The molecule has 0 aliphatic rings. The molecule has 98 valence electrons. The molecule has 0 bridgehead atoms. The van der Waals surface area contributed by atoms with E-state index in [0.717, 1.165) is 0 Å². The smallest absolute Gasteiger partial charge is 0.304 e. The van der Waals surface area contributed by atoms with Gasteiger partial charge in [0.2, 0.25) is 0 Å². The molecule has 0 spiro atoms. The monoisotopic (exact) mass is 251 g/mol. The summed E-state index contributed by atoms with van der Waals surface area (Å²) in [5, 5.41) is 13.6. The molecule has 0 heterocycles. The fraction of sp³-hybridized carbons (Fsp3) is 0.417. The fourth-order valence-electron chi connectivity index (χ4n) is 1.39. The summed E-state index contributed by atoms with van der Waals surface area (Å²) < 4.78 is 0. The number of benzene rings is 1. The van der Waals surface area contributed by atoms with Gasteiger partial charge in [-0.1, -0.05) is 26.8 Å². The number of nitrogen functional groups attached to an aromatic ring is 1. The largest absolute Gasteiger partial charge is 0.393 e. The predicted octanol–water partition coefficient (Wildman–Crippen LogP) is 1.95. The van der Waals surface area contributed by atoms with Crippen LogP contribution in [0.4, 0.5) is 11.4 Å². The highest BCUT2D eigenvalue weighted by Crippen LogP contribution is 2.25. The number of nitrogens with zero attached hydrogens (tertiary/aromatic N) is 1. The molecule has 0 aliphatic carbocycles. The maximum Gasteiger partial charge on any atom is 0.304 e. The van der Waals surface area contributed by atoms with Crippen LogP contribution in [0, 0.1) is 15.5 Å². The number of amides is 1. The van der Waals surface area contributed by atoms with Gasteiger partial charge >= 0.3 is 5.69 Å². The number of nitrogens with one attached hydrogen (secondary N) is 1. The first kappa shape index (κ1) is 14.0. The zero-order chi connectivity index (χ0) is 13.9. The van der Waals surface area contributed by atoms with E-state index in [0.29, 0.717) is 6.54 Å². The first-order valence-electron chi connectivity index (χ1n) is 5.53. The van der Waals surface area contributed by atoms with Gasteiger partial charge in [0.15, 0.2) is 0 Å². The summed E-state index contributed by atoms with van der Waals surface area (Å²) >= 11 is 0. The van der Waals surface area contributed by atoms with Gasteiger partial charge in [0.25, 0.3) is 5.91 Å². The van der Waals surface area contributed by atoms with Crippen LogP contribution in [0.1, 0.15) is 31.1 Å². The standard InChI is InChI=1S/C12H17N3O3/c1-12(2,3)7-14-11(16)8-5-4-6-9(13)10(8)15(17)18/h4-6H,7,13H2,1-3H3,(H,14,16). The van der Waals surface area contributed by atoms with Crippen LogP contribution in [0.2, 0.25) is 0 Å². The maximum atomic E-state index is 11.9. The highest BCUT2D eigenvalue weighted by Gasteiger charge is 2.23. The van der Waals surface area contributed by atoms with E-state index in [2.05, 4.69) is 5.32 Å². The van der Waals surface area contributed by atoms with Gasteiger partial charge in [-0.05, 0) is 17.5 Å². The van der Waals surface area contributed by atoms with Crippen molar-refractivity contribution in [2.45, 2.75) is 20.8 Å². The molecule has 0 saturated heterocycles. The molecule has 1 aromatic carbocycles. The minimum atomic E-state index is -0.638. The molecule has 6 heteroatoms. The molecule has 1 aromatic rings. The van der Waals surface area contributed by atoms with Crippen molar-refractivity contribution in [2.75, 3.05) is 12.3 Å². The third-order valence-electron chi connectivity index (χ3n) is 2.27. The number of carbonyl (C=O) groups excluding carboxylic acids is 1. The molecule has 1 amide bonds. The molecule has 0 aromatic heterocycles. The number of hydrogen-bond donors (Lipinski definition) is 2. The van der Waals surface area contributed by atoms with E-state index in [4.69, 9.17) is 5.73 Å². The Bertz CT molecular complexity index is 478. The normalized spacial score (nSPS) is 11.1. The SMILES string of the molecule is CC(C)(C)CNC(=O)c1cccc(N)c1[N+](=O)[O-]. The molecule has 3 N–H and O–H groups in total. The molecular formula is C12H17N3O3. The molecule has 0 aliphatic heterocycles. The summed E-state index contributed by atoms with van der Waals surface area (Å²) in [5.41, 5.74) is 5.06. The van der Waals surface area contributed by atoms with Crippen LogP contribution in [0.5, 0.6) is 0 Å². The van der Waals surface area contributed by atoms with Crippen LogP contribution >= 0.6 is 0 Å². The van der Waals surface area contributed by atoms with E-state index >= 15 is 0 Å². The van der Waals surface area contributed by atoms with Gasteiger partial charge in [0.05, 0.1) is 4.92 Å². The summed E-state index contributed by atoms with van der Waals surface area (Å²) in [6.07, 6.45) is 0. The fourth-order valence-corrected chi connectivity index (χ4v) is 1.39. The summed E-state index contributed by atoms with van der Waals surface area (Å²) in [6.45, 7) is 6.31. The Labute approximate surface area is 105 Å². The van der Waals surface area contributed by atoms with Gasteiger partial charge in [-0.25, -0.2) is 0 Å². The Morgan fingerprint density at radius 2 is 2.06 bits per heavy atom. The number of nitro groups is 1. The number of rotatable bonds is 3. The van der Waals surface area contributed by atoms with Crippen LogP contribution < -0.4 is 11.1 Å². The Hall–Kier alpha value is -2.11. The van der Waals surface area contributed by atoms with Crippen molar-refractivity contribution in [3.8, 4) is 0 Å².